The number of rotatable bonds is 4. The van der Waals surface area contributed by atoms with Crippen LogP contribution in [0.3, 0.4) is 0 Å². The van der Waals surface area contributed by atoms with Gasteiger partial charge in [0.15, 0.2) is 5.11 Å². The smallest absolute Gasteiger partial charge is 0.261 e. The first-order valence-electron chi connectivity index (χ1n) is 10.3. The number of hydrogen-bond acceptors (Lipinski definition) is 5. The number of nitrogens with zero attached hydrogens (tertiary/aromatic N) is 3. The van der Waals surface area contributed by atoms with Crippen molar-refractivity contribution in [3.63, 3.8) is 0 Å². The van der Waals surface area contributed by atoms with Gasteiger partial charge in [0.05, 0.1) is 29.1 Å². The number of para-hydroxylation sites is 1. The monoisotopic (exact) mass is 487 g/mol. The molecule has 1 heterocycles. The number of carbonyl (C=O) groups excluding carboxylic acids is 1. The molecule has 34 heavy (non-hydrogen) atoms. The minimum Gasteiger partial charge on any atom is -0.496 e. The van der Waals surface area contributed by atoms with Gasteiger partial charge < -0.3 is 10.1 Å². The van der Waals surface area contributed by atoms with Crippen molar-refractivity contribution in [3.05, 3.63) is 89.4 Å². The van der Waals surface area contributed by atoms with Crippen LogP contribution in [0.25, 0.3) is 27.5 Å². The first kappa shape index (κ1) is 21.8. The topological polar surface area (TPSA) is 81.1 Å². The average Bonchev–Trinajstić information content (AvgIpc) is 3.26. The maximum atomic E-state index is 12.9. The van der Waals surface area contributed by atoms with Crippen LogP contribution in [-0.4, -0.2) is 33.1 Å². The van der Waals surface area contributed by atoms with Crippen LogP contribution in [-0.2, 0) is 0 Å². The summed E-state index contributed by atoms with van der Waals surface area (Å²) in [5, 5.41) is 17.0. The lowest BCUT2D eigenvalue weighted by Gasteiger charge is -2.13. The molecule has 168 valence electrons. The number of thiocarbonyl (C=S) groups is 1. The standard InChI is InChI=1S/C25H18ClN5O2S/c1-33-23-12-16-8-6-5-7-15(16)11-18(23)24(32)28-25(34)27-20-14-22-21(13-19(20)26)29-31(30-22)17-9-3-2-4-10-17/h2-14H,1H3,(H2,27,28,32,34). The molecule has 2 N–H and O–H groups in total. The van der Waals surface area contributed by atoms with Crippen LogP contribution < -0.4 is 15.4 Å². The third-order valence-corrected chi connectivity index (χ3v) is 5.76. The van der Waals surface area contributed by atoms with E-state index in [9.17, 15) is 4.79 Å². The summed E-state index contributed by atoms with van der Waals surface area (Å²) in [5.41, 5.74) is 2.97. The van der Waals surface area contributed by atoms with Crippen LogP contribution in [0, 0.1) is 0 Å². The van der Waals surface area contributed by atoms with Gasteiger partial charge >= 0.3 is 0 Å². The molecule has 0 atom stereocenters. The van der Waals surface area contributed by atoms with E-state index in [0.29, 0.717) is 33.1 Å². The van der Waals surface area contributed by atoms with Gasteiger partial charge in [0.1, 0.15) is 16.8 Å². The summed E-state index contributed by atoms with van der Waals surface area (Å²) in [4.78, 5) is 14.5. The lowest BCUT2D eigenvalue weighted by molar-refractivity contribution is 0.0975. The summed E-state index contributed by atoms with van der Waals surface area (Å²) in [6.07, 6.45) is 0. The zero-order valence-corrected chi connectivity index (χ0v) is 19.5. The first-order valence-corrected chi connectivity index (χ1v) is 11.1. The first-order chi connectivity index (χ1) is 16.5. The SMILES string of the molecule is COc1cc2ccccc2cc1C(=O)NC(=S)Nc1cc2nn(-c3ccccc3)nc2cc1Cl. The number of hydrogen-bond donors (Lipinski definition) is 2. The number of ether oxygens (including phenoxy) is 1. The molecule has 0 saturated carbocycles. The van der Waals surface area contributed by atoms with Gasteiger partial charge in [0.25, 0.3) is 5.91 Å². The second kappa shape index (κ2) is 9.09. The summed E-state index contributed by atoms with van der Waals surface area (Å²) in [6, 6.07) is 24.3. The van der Waals surface area contributed by atoms with Crippen LogP contribution in [0.1, 0.15) is 10.4 Å². The molecule has 5 aromatic rings. The van der Waals surface area contributed by atoms with Crippen molar-refractivity contribution in [2.75, 3.05) is 12.4 Å². The van der Waals surface area contributed by atoms with Gasteiger partial charge in [-0.2, -0.15) is 4.80 Å². The molecule has 0 saturated heterocycles. The second-order valence-electron chi connectivity index (χ2n) is 7.45. The molecule has 7 nitrogen and oxygen atoms in total. The molecule has 0 bridgehead atoms. The van der Waals surface area contributed by atoms with E-state index in [0.717, 1.165) is 16.5 Å². The van der Waals surface area contributed by atoms with Crippen LogP contribution in [0.15, 0.2) is 78.9 Å². The number of anilines is 1. The molecule has 0 fully saturated rings. The Bertz CT molecular complexity index is 1550. The third kappa shape index (κ3) is 4.28. The summed E-state index contributed by atoms with van der Waals surface area (Å²) >= 11 is 11.8. The maximum absolute atomic E-state index is 12.9. The fourth-order valence-corrected chi connectivity index (χ4v) is 4.01. The van der Waals surface area contributed by atoms with E-state index in [-0.39, 0.29) is 5.11 Å². The Balaban J connectivity index is 1.37. The minimum absolute atomic E-state index is 0.0944. The molecule has 0 aliphatic heterocycles. The number of aromatic nitrogens is 3. The summed E-state index contributed by atoms with van der Waals surface area (Å²) in [6.45, 7) is 0. The maximum Gasteiger partial charge on any atom is 0.261 e. The van der Waals surface area contributed by atoms with Gasteiger partial charge in [-0.1, -0.05) is 54.1 Å². The number of benzene rings is 4. The van der Waals surface area contributed by atoms with E-state index in [1.54, 1.807) is 18.2 Å². The zero-order chi connectivity index (χ0) is 23.7. The van der Waals surface area contributed by atoms with Gasteiger partial charge in [-0.15, -0.1) is 10.2 Å². The predicted octanol–water partition coefficient (Wildman–Crippen LogP) is 5.36. The molecule has 0 aliphatic carbocycles. The van der Waals surface area contributed by atoms with Crippen molar-refractivity contribution in [1.82, 2.24) is 20.3 Å². The quantitative estimate of drug-likeness (QED) is 0.332. The van der Waals surface area contributed by atoms with E-state index in [2.05, 4.69) is 20.8 Å². The van der Waals surface area contributed by atoms with Crippen molar-refractivity contribution in [2.24, 2.45) is 0 Å². The van der Waals surface area contributed by atoms with E-state index < -0.39 is 5.91 Å². The van der Waals surface area contributed by atoms with Crippen LogP contribution in [0.4, 0.5) is 5.69 Å². The molecule has 5 rings (SSSR count). The Morgan fingerprint density at radius 1 is 0.941 bits per heavy atom. The van der Waals surface area contributed by atoms with Crippen molar-refractivity contribution < 1.29 is 9.53 Å². The Labute approximate surface area is 205 Å². The van der Waals surface area contributed by atoms with Gasteiger partial charge in [-0.05, 0) is 59.4 Å². The Morgan fingerprint density at radius 3 is 2.29 bits per heavy atom. The molecule has 1 amide bonds. The zero-order valence-electron chi connectivity index (χ0n) is 17.9. The molecule has 9 heteroatoms. The number of amides is 1. The van der Waals surface area contributed by atoms with Crippen molar-refractivity contribution in [3.8, 4) is 11.4 Å². The number of methoxy groups -OCH3 is 1. The number of fused-ring (bicyclic) bond motifs is 2. The average molecular weight is 488 g/mol. The highest BCUT2D eigenvalue weighted by Gasteiger charge is 2.16. The van der Waals surface area contributed by atoms with E-state index >= 15 is 0 Å². The molecular weight excluding hydrogens is 470 g/mol. The van der Waals surface area contributed by atoms with E-state index in [4.69, 9.17) is 28.6 Å². The lowest BCUT2D eigenvalue weighted by atomic mass is 10.1. The highest BCUT2D eigenvalue weighted by Crippen LogP contribution is 2.28. The number of nitrogens with one attached hydrogen (secondary N) is 2. The third-order valence-electron chi connectivity index (χ3n) is 5.24. The second-order valence-corrected chi connectivity index (χ2v) is 8.27. The molecular formula is C25H18ClN5O2S. The fourth-order valence-electron chi connectivity index (χ4n) is 3.60. The van der Waals surface area contributed by atoms with E-state index in [1.165, 1.54) is 11.9 Å². The Hall–Kier alpha value is -4.01. The van der Waals surface area contributed by atoms with Gasteiger partial charge in [0, 0.05) is 0 Å². The highest BCUT2D eigenvalue weighted by atomic mass is 35.5. The number of carbonyl (C=O) groups is 1. The minimum atomic E-state index is -0.396. The lowest BCUT2D eigenvalue weighted by Crippen LogP contribution is -2.34. The summed E-state index contributed by atoms with van der Waals surface area (Å²) in [5.74, 6) is 0.0586. The van der Waals surface area contributed by atoms with Gasteiger partial charge in [0.2, 0.25) is 0 Å². The van der Waals surface area contributed by atoms with Crippen LogP contribution in [0.5, 0.6) is 5.75 Å². The molecule has 0 unspecified atom stereocenters. The van der Waals surface area contributed by atoms with E-state index in [1.807, 2.05) is 60.7 Å². The summed E-state index contributed by atoms with van der Waals surface area (Å²) < 4.78 is 5.42. The molecule has 0 aliphatic rings. The Kier molecular flexibility index (Phi) is 5.83. The molecule has 1 aromatic heterocycles. The van der Waals surface area contributed by atoms with Gasteiger partial charge in [-0.3, -0.25) is 10.1 Å². The van der Waals surface area contributed by atoms with Crippen LogP contribution in [0.2, 0.25) is 5.02 Å². The van der Waals surface area contributed by atoms with Crippen molar-refractivity contribution >= 4 is 62.3 Å². The van der Waals surface area contributed by atoms with Crippen molar-refractivity contribution in [2.45, 2.75) is 0 Å². The van der Waals surface area contributed by atoms with Crippen molar-refractivity contribution in [1.29, 1.82) is 0 Å². The molecule has 0 spiro atoms. The largest absolute Gasteiger partial charge is 0.496 e. The molecule has 0 radical (unpaired) electrons. The fraction of sp³-hybridized carbons (Fsp3) is 0.0400. The summed E-state index contributed by atoms with van der Waals surface area (Å²) in [7, 11) is 1.52. The highest BCUT2D eigenvalue weighted by molar-refractivity contribution is 7.80. The number of halogens is 1. The predicted molar refractivity (Wildman–Crippen MR) is 138 cm³/mol. The van der Waals surface area contributed by atoms with Gasteiger partial charge in [-0.25, -0.2) is 0 Å². The normalized spacial score (nSPS) is 10.9. The molecule has 4 aromatic carbocycles. The van der Waals surface area contributed by atoms with Crippen LogP contribution >= 0.6 is 23.8 Å². The Morgan fingerprint density at radius 2 is 1.59 bits per heavy atom.